The van der Waals surface area contributed by atoms with E-state index in [1.807, 2.05) is 48.5 Å². The van der Waals surface area contributed by atoms with Gasteiger partial charge in [0.15, 0.2) is 0 Å². The van der Waals surface area contributed by atoms with Crippen LogP contribution in [0.5, 0.6) is 0 Å². The van der Waals surface area contributed by atoms with E-state index >= 15 is 0 Å². The number of hydrogen-bond acceptors (Lipinski definition) is 2. The molecule has 0 bridgehead atoms. The third-order valence-electron chi connectivity index (χ3n) is 2.31. The number of benzene rings is 2. The minimum Gasteiger partial charge on any atom is -0.325 e. The number of nitrogens with one attached hydrogen (secondary N) is 1. The number of thioether (sulfide) groups is 1. The zero-order chi connectivity index (χ0) is 13.7. The number of amides is 1. The third-order valence-corrected chi connectivity index (χ3v) is 4.38. The molecule has 2 aromatic rings. The van der Waals surface area contributed by atoms with Crippen LogP contribution in [0.3, 0.4) is 0 Å². The monoisotopic (exact) mass is 399 g/mol. The fourth-order valence-electron chi connectivity index (χ4n) is 1.41. The van der Waals surface area contributed by atoms with Gasteiger partial charge < -0.3 is 5.32 Å². The number of carbonyl (C=O) groups is 1. The van der Waals surface area contributed by atoms with E-state index in [4.69, 9.17) is 0 Å². The van der Waals surface area contributed by atoms with Gasteiger partial charge in [-0.05, 0) is 48.5 Å². The van der Waals surface area contributed by atoms with Gasteiger partial charge in [0.1, 0.15) is 0 Å². The molecule has 0 heterocycles. The zero-order valence-corrected chi connectivity index (χ0v) is 13.9. The van der Waals surface area contributed by atoms with E-state index in [9.17, 15) is 4.79 Å². The second-order valence-corrected chi connectivity index (χ2v) is 6.68. The van der Waals surface area contributed by atoms with Gasteiger partial charge >= 0.3 is 0 Å². The lowest BCUT2D eigenvalue weighted by Gasteiger charge is -2.05. The lowest BCUT2D eigenvalue weighted by Crippen LogP contribution is -2.13. The smallest absolute Gasteiger partial charge is 0.234 e. The van der Waals surface area contributed by atoms with Crippen molar-refractivity contribution < 1.29 is 4.79 Å². The average molecular weight is 401 g/mol. The third kappa shape index (κ3) is 5.01. The summed E-state index contributed by atoms with van der Waals surface area (Å²) in [5, 5.41) is 2.86. The lowest BCUT2D eigenvalue weighted by molar-refractivity contribution is -0.113. The number of halogens is 2. The van der Waals surface area contributed by atoms with Crippen LogP contribution in [0.1, 0.15) is 0 Å². The number of hydrogen-bond donors (Lipinski definition) is 1. The maximum absolute atomic E-state index is 11.8. The van der Waals surface area contributed by atoms with Crippen molar-refractivity contribution in [2.24, 2.45) is 0 Å². The SMILES string of the molecule is O=C(CSc1ccc(Br)cc1)Nc1ccc(Br)cc1. The summed E-state index contributed by atoms with van der Waals surface area (Å²) in [6, 6.07) is 15.4. The molecule has 0 radical (unpaired) electrons. The predicted octanol–water partition coefficient (Wildman–Crippen LogP) is 4.94. The van der Waals surface area contributed by atoms with Crippen LogP contribution in [-0.4, -0.2) is 11.7 Å². The highest BCUT2D eigenvalue weighted by atomic mass is 79.9. The largest absolute Gasteiger partial charge is 0.325 e. The van der Waals surface area contributed by atoms with E-state index in [1.54, 1.807) is 0 Å². The van der Waals surface area contributed by atoms with Crippen molar-refractivity contribution in [1.82, 2.24) is 0 Å². The maximum Gasteiger partial charge on any atom is 0.234 e. The summed E-state index contributed by atoms with van der Waals surface area (Å²) in [6.07, 6.45) is 0. The molecule has 98 valence electrons. The van der Waals surface area contributed by atoms with Crippen LogP contribution in [0.2, 0.25) is 0 Å². The first kappa shape index (κ1) is 14.6. The average Bonchev–Trinajstić information content (AvgIpc) is 2.41. The standard InChI is InChI=1S/C14H11Br2NOS/c15-10-1-5-12(6-2-10)17-14(18)9-19-13-7-3-11(16)4-8-13/h1-8H,9H2,(H,17,18). The minimum absolute atomic E-state index is 0.00441. The first-order chi connectivity index (χ1) is 9.13. The Hall–Kier alpha value is -0.780. The first-order valence-electron chi connectivity index (χ1n) is 5.57. The molecule has 0 saturated carbocycles. The van der Waals surface area contributed by atoms with Crippen molar-refractivity contribution in [2.45, 2.75) is 4.90 Å². The summed E-state index contributed by atoms with van der Waals surface area (Å²) < 4.78 is 2.03. The zero-order valence-electron chi connectivity index (χ0n) is 9.90. The van der Waals surface area contributed by atoms with Crippen LogP contribution < -0.4 is 5.32 Å². The Bertz CT molecular complexity index is 555. The molecule has 1 N–H and O–H groups in total. The van der Waals surface area contributed by atoms with Crippen molar-refractivity contribution in [3.05, 3.63) is 57.5 Å². The molecule has 2 nitrogen and oxygen atoms in total. The molecule has 0 aliphatic heterocycles. The molecule has 2 rings (SSSR count). The number of anilines is 1. The van der Waals surface area contributed by atoms with E-state index in [-0.39, 0.29) is 5.91 Å². The second-order valence-electron chi connectivity index (χ2n) is 3.80. The van der Waals surface area contributed by atoms with Crippen LogP contribution in [0.4, 0.5) is 5.69 Å². The van der Waals surface area contributed by atoms with Crippen molar-refractivity contribution in [3.63, 3.8) is 0 Å². The summed E-state index contributed by atoms with van der Waals surface area (Å²) in [7, 11) is 0. The second kappa shape index (κ2) is 7.12. The van der Waals surface area contributed by atoms with E-state index < -0.39 is 0 Å². The van der Waals surface area contributed by atoms with Gasteiger partial charge in [0.2, 0.25) is 5.91 Å². The Morgan fingerprint density at radius 2 is 1.47 bits per heavy atom. The molecule has 1 amide bonds. The summed E-state index contributed by atoms with van der Waals surface area (Å²) in [6.45, 7) is 0. The number of carbonyl (C=O) groups excluding carboxylic acids is 1. The Labute approximate surface area is 133 Å². The summed E-state index contributed by atoms with van der Waals surface area (Å²) >= 11 is 8.26. The Morgan fingerprint density at radius 3 is 2.05 bits per heavy atom. The van der Waals surface area contributed by atoms with E-state index in [2.05, 4.69) is 37.2 Å². The van der Waals surface area contributed by atoms with Crippen LogP contribution >= 0.6 is 43.6 Å². The Balaban J connectivity index is 1.84. The van der Waals surface area contributed by atoms with Crippen molar-refractivity contribution in [3.8, 4) is 0 Å². The Kier molecular flexibility index (Phi) is 5.48. The van der Waals surface area contributed by atoms with Crippen molar-refractivity contribution in [2.75, 3.05) is 11.1 Å². The van der Waals surface area contributed by atoms with Crippen molar-refractivity contribution in [1.29, 1.82) is 0 Å². The molecule has 0 fully saturated rings. The molecule has 2 aromatic carbocycles. The molecule has 5 heteroatoms. The molecule has 0 unspecified atom stereocenters. The van der Waals surface area contributed by atoms with E-state index in [0.29, 0.717) is 5.75 Å². The molecule has 0 aromatic heterocycles. The predicted molar refractivity (Wildman–Crippen MR) is 87.6 cm³/mol. The van der Waals surface area contributed by atoms with Gasteiger partial charge in [0, 0.05) is 19.5 Å². The molecule has 0 spiro atoms. The summed E-state index contributed by atoms with van der Waals surface area (Å²) in [5.74, 6) is 0.396. The quantitative estimate of drug-likeness (QED) is 0.736. The van der Waals surface area contributed by atoms with Gasteiger partial charge in [-0.3, -0.25) is 4.79 Å². The van der Waals surface area contributed by atoms with Crippen LogP contribution in [0.15, 0.2) is 62.4 Å². The fourth-order valence-corrected chi connectivity index (χ4v) is 2.64. The minimum atomic E-state index is -0.00441. The Morgan fingerprint density at radius 1 is 0.947 bits per heavy atom. The fraction of sp³-hybridized carbons (Fsp3) is 0.0714. The molecule has 0 atom stereocenters. The summed E-state index contributed by atoms with van der Waals surface area (Å²) in [4.78, 5) is 12.9. The highest BCUT2D eigenvalue weighted by molar-refractivity contribution is 9.10. The molecule has 19 heavy (non-hydrogen) atoms. The maximum atomic E-state index is 11.8. The van der Waals surface area contributed by atoms with Crippen molar-refractivity contribution >= 4 is 55.2 Å². The first-order valence-corrected chi connectivity index (χ1v) is 8.14. The van der Waals surface area contributed by atoms with Crippen LogP contribution in [0, 0.1) is 0 Å². The topological polar surface area (TPSA) is 29.1 Å². The molecule has 0 aliphatic rings. The van der Waals surface area contributed by atoms with Gasteiger partial charge in [-0.2, -0.15) is 0 Å². The van der Waals surface area contributed by atoms with Gasteiger partial charge in [-0.15, -0.1) is 11.8 Å². The van der Waals surface area contributed by atoms with Gasteiger partial charge in [0.05, 0.1) is 5.75 Å². The van der Waals surface area contributed by atoms with Crippen LogP contribution in [0.25, 0.3) is 0 Å². The molecule has 0 saturated heterocycles. The molecule has 0 aliphatic carbocycles. The van der Waals surface area contributed by atoms with Gasteiger partial charge in [-0.1, -0.05) is 31.9 Å². The van der Waals surface area contributed by atoms with E-state index in [1.165, 1.54) is 11.8 Å². The van der Waals surface area contributed by atoms with E-state index in [0.717, 1.165) is 19.5 Å². The highest BCUT2D eigenvalue weighted by Gasteiger charge is 2.03. The lowest BCUT2D eigenvalue weighted by atomic mass is 10.3. The van der Waals surface area contributed by atoms with Gasteiger partial charge in [0.25, 0.3) is 0 Å². The molecular formula is C14H11Br2NOS. The molecular weight excluding hydrogens is 390 g/mol. The van der Waals surface area contributed by atoms with Crippen LogP contribution in [-0.2, 0) is 4.79 Å². The summed E-state index contributed by atoms with van der Waals surface area (Å²) in [5.41, 5.74) is 0.810. The highest BCUT2D eigenvalue weighted by Crippen LogP contribution is 2.21. The normalized spacial score (nSPS) is 10.2. The number of rotatable bonds is 4. The van der Waals surface area contributed by atoms with Gasteiger partial charge in [-0.25, -0.2) is 0 Å².